The van der Waals surface area contributed by atoms with Crippen LogP contribution >= 0.6 is 0 Å². The molecular formula is C21H32N4O2. The molecule has 3 heterocycles. The van der Waals surface area contributed by atoms with Gasteiger partial charge >= 0.3 is 0 Å². The Kier molecular flexibility index (Phi) is 5.68. The summed E-state index contributed by atoms with van der Waals surface area (Å²) in [5.41, 5.74) is 4.72. The Morgan fingerprint density at radius 2 is 2.07 bits per heavy atom. The highest BCUT2D eigenvalue weighted by atomic mass is 16.5. The van der Waals surface area contributed by atoms with E-state index in [-0.39, 0.29) is 30.3 Å². The number of aliphatic imine (C=N–C) groups is 1. The highest BCUT2D eigenvalue weighted by Crippen LogP contribution is 2.27. The van der Waals surface area contributed by atoms with Gasteiger partial charge in [0.2, 0.25) is 0 Å². The molecule has 0 amide bonds. The van der Waals surface area contributed by atoms with Crippen LogP contribution in [0, 0.1) is 0 Å². The Labute approximate surface area is 161 Å². The van der Waals surface area contributed by atoms with E-state index in [1.807, 2.05) is 27.1 Å². The van der Waals surface area contributed by atoms with E-state index in [9.17, 15) is 5.11 Å². The number of hydrogen-bond acceptors (Lipinski definition) is 5. The molecule has 27 heavy (non-hydrogen) atoms. The standard InChI is InChI=1S/C21H32N4O2/c1-13(2)27-18-9-7-8-14(23-17(18)12-26)16-11-22-15-10-19(21(3,4)5)25(6)20(15)24-16/h10-11,13,17-18,26H,7-9,12H2,1-6H3/t17-,18+/m0/s1. The zero-order chi connectivity index (χ0) is 19.8. The van der Waals surface area contributed by atoms with Gasteiger partial charge in [-0.15, -0.1) is 0 Å². The number of rotatable bonds is 4. The molecule has 1 N–H and O–H groups in total. The molecular weight excluding hydrogens is 340 g/mol. The molecule has 6 nitrogen and oxygen atoms in total. The SMILES string of the molecule is CC(C)O[C@@H]1CCCC(c2cnc3cc(C(C)(C)C)n(C)c3n2)=N[C@H]1CO. The molecule has 1 aliphatic rings. The van der Waals surface area contributed by atoms with Crippen molar-refractivity contribution < 1.29 is 9.84 Å². The molecule has 148 valence electrons. The lowest BCUT2D eigenvalue weighted by Gasteiger charge is -2.23. The van der Waals surface area contributed by atoms with Gasteiger partial charge in [0.05, 0.1) is 36.8 Å². The fraction of sp³-hybridized carbons (Fsp3) is 0.667. The van der Waals surface area contributed by atoms with Gasteiger partial charge in [-0.25, -0.2) is 4.98 Å². The van der Waals surface area contributed by atoms with E-state index in [4.69, 9.17) is 14.7 Å². The molecule has 2 atom stereocenters. The first-order chi connectivity index (χ1) is 12.7. The van der Waals surface area contributed by atoms with Gasteiger partial charge in [0, 0.05) is 18.2 Å². The Morgan fingerprint density at radius 1 is 1.33 bits per heavy atom. The second kappa shape index (κ2) is 7.68. The fourth-order valence-corrected chi connectivity index (χ4v) is 3.81. The molecule has 0 spiro atoms. The van der Waals surface area contributed by atoms with Gasteiger partial charge < -0.3 is 14.4 Å². The first-order valence-electron chi connectivity index (χ1n) is 9.87. The molecule has 6 heteroatoms. The van der Waals surface area contributed by atoms with Crippen LogP contribution in [0.4, 0.5) is 0 Å². The molecule has 0 unspecified atom stereocenters. The van der Waals surface area contributed by atoms with Gasteiger partial charge in [-0.2, -0.15) is 0 Å². The van der Waals surface area contributed by atoms with Crippen molar-refractivity contribution in [1.29, 1.82) is 0 Å². The van der Waals surface area contributed by atoms with E-state index >= 15 is 0 Å². The lowest BCUT2D eigenvalue weighted by atomic mass is 9.92. The van der Waals surface area contributed by atoms with Crippen LogP contribution in [0.5, 0.6) is 0 Å². The van der Waals surface area contributed by atoms with Crippen molar-refractivity contribution in [3.8, 4) is 0 Å². The maximum absolute atomic E-state index is 9.85. The smallest absolute Gasteiger partial charge is 0.159 e. The van der Waals surface area contributed by atoms with E-state index in [0.29, 0.717) is 0 Å². The Hall–Kier alpha value is -1.79. The summed E-state index contributed by atoms with van der Waals surface area (Å²) in [5.74, 6) is 0. The Bertz CT molecular complexity index is 833. The summed E-state index contributed by atoms with van der Waals surface area (Å²) in [4.78, 5) is 14.3. The van der Waals surface area contributed by atoms with Crippen LogP contribution in [-0.2, 0) is 17.2 Å². The third-order valence-corrected chi connectivity index (χ3v) is 5.09. The number of ether oxygens (including phenoxy) is 1. The van der Waals surface area contributed by atoms with Crippen LogP contribution < -0.4 is 0 Å². The van der Waals surface area contributed by atoms with Crippen molar-refractivity contribution in [3.63, 3.8) is 0 Å². The molecule has 0 fully saturated rings. The molecule has 1 aliphatic heterocycles. The van der Waals surface area contributed by atoms with Crippen molar-refractivity contribution in [3.05, 3.63) is 23.7 Å². The van der Waals surface area contributed by atoms with Gasteiger partial charge in [0.15, 0.2) is 5.65 Å². The van der Waals surface area contributed by atoms with Crippen molar-refractivity contribution in [2.45, 2.75) is 77.5 Å². The number of aliphatic hydroxyl groups is 1. The van der Waals surface area contributed by atoms with E-state index in [2.05, 4.69) is 36.4 Å². The van der Waals surface area contributed by atoms with Crippen LogP contribution in [-0.4, -0.2) is 50.2 Å². The van der Waals surface area contributed by atoms with Crippen LogP contribution in [0.25, 0.3) is 11.2 Å². The van der Waals surface area contributed by atoms with E-state index < -0.39 is 0 Å². The van der Waals surface area contributed by atoms with Gasteiger partial charge in [-0.1, -0.05) is 20.8 Å². The van der Waals surface area contributed by atoms with Crippen molar-refractivity contribution >= 4 is 16.9 Å². The number of hydrogen-bond donors (Lipinski definition) is 1. The molecule has 2 aromatic heterocycles. The number of nitrogens with zero attached hydrogens (tertiary/aromatic N) is 4. The summed E-state index contributed by atoms with van der Waals surface area (Å²) >= 11 is 0. The second-order valence-corrected chi connectivity index (χ2v) is 8.74. The summed E-state index contributed by atoms with van der Waals surface area (Å²) in [5, 5.41) is 9.85. The predicted octanol–water partition coefficient (Wildman–Crippen LogP) is 3.39. The largest absolute Gasteiger partial charge is 0.394 e. The first kappa shape index (κ1) is 20.0. The number of aliphatic hydroxyl groups excluding tert-OH is 1. The van der Waals surface area contributed by atoms with Crippen molar-refractivity contribution in [2.24, 2.45) is 12.0 Å². The average molecular weight is 373 g/mol. The normalized spacial score (nSPS) is 21.6. The minimum absolute atomic E-state index is 0.0190. The molecule has 0 saturated heterocycles. The van der Waals surface area contributed by atoms with E-state index in [0.717, 1.165) is 41.8 Å². The lowest BCUT2D eigenvalue weighted by Crippen LogP contribution is -2.32. The summed E-state index contributed by atoms with van der Waals surface area (Å²) in [6.45, 7) is 10.6. The third kappa shape index (κ3) is 4.22. The van der Waals surface area contributed by atoms with E-state index in [1.54, 1.807) is 0 Å². The number of aromatic nitrogens is 3. The fourth-order valence-electron chi connectivity index (χ4n) is 3.81. The maximum atomic E-state index is 9.85. The highest BCUT2D eigenvalue weighted by Gasteiger charge is 2.27. The summed E-state index contributed by atoms with van der Waals surface area (Å²) in [6.07, 6.45) is 4.57. The Morgan fingerprint density at radius 3 is 2.70 bits per heavy atom. The van der Waals surface area contributed by atoms with Gasteiger partial charge in [-0.05, 0) is 39.2 Å². The molecule has 0 aliphatic carbocycles. The Balaban J connectivity index is 1.98. The van der Waals surface area contributed by atoms with Crippen LogP contribution in [0.15, 0.2) is 17.3 Å². The number of aryl methyl sites for hydroxylation is 1. The highest BCUT2D eigenvalue weighted by molar-refractivity contribution is 6.00. The zero-order valence-corrected chi connectivity index (χ0v) is 17.4. The second-order valence-electron chi connectivity index (χ2n) is 8.74. The zero-order valence-electron chi connectivity index (χ0n) is 17.4. The van der Waals surface area contributed by atoms with E-state index in [1.165, 1.54) is 5.69 Å². The predicted molar refractivity (Wildman–Crippen MR) is 108 cm³/mol. The lowest BCUT2D eigenvalue weighted by molar-refractivity contribution is -0.0196. The average Bonchev–Trinajstić information content (AvgIpc) is 2.80. The molecule has 0 aromatic carbocycles. The topological polar surface area (TPSA) is 72.5 Å². The maximum Gasteiger partial charge on any atom is 0.159 e. The van der Waals surface area contributed by atoms with Gasteiger partial charge in [-0.3, -0.25) is 9.98 Å². The van der Waals surface area contributed by atoms with Crippen LogP contribution in [0.2, 0.25) is 0 Å². The molecule has 2 aromatic rings. The van der Waals surface area contributed by atoms with Crippen LogP contribution in [0.1, 0.15) is 65.3 Å². The quantitative estimate of drug-likeness (QED) is 0.893. The number of fused-ring (bicyclic) bond motifs is 1. The molecule has 0 saturated carbocycles. The molecule has 0 bridgehead atoms. The molecule has 0 radical (unpaired) electrons. The van der Waals surface area contributed by atoms with Crippen LogP contribution in [0.3, 0.4) is 0 Å². The minimum Gasteiger partial charge on any atom is -0.394 e. The monoisotopic (exact) mass is 372 g/mol. The summed E-state index contributed by atoms with van der Waals surface area (Å²) in [6, 6.07) is 1.87. The van der Waals surface area contributed by atoms with Crippen molar-refractivity contribution in [1.82, 2.24) is 14.5 Å². The third-order valence-electron chi connectivity index (χ3n) is 5.09. The molecule has 3 rings (SSSR count). The van der Waals surface area contributed by atoms with Crippen molar-refractivity contribution in [2.75, 3.05) is 6.61 Å². The first-order valence-corrected chi connectivity index (χ1v) is 9.87. The van der Waals surface area contributed by atoms with Gasteiger partial charge in [0.25, 0.3) is 0 Å². The minimum atomic E-state index is -0.249. The summed E-state index contributed by atoms with van der Waals surface area (Å²) in [7, 11) is 2.04. The van der Waals surface area contributed by atoms with Gasteiger partial charge in [0.1, 0.15) is 11.2 Å². The summed E-state index contributed by atoms with van der Waals surface area (Å²) < 4.78 is 8.10.